The number of benzene rings is 2. The molecule has 0 saturated carbocycles. The average Bonchev–Trinajstić information content (AvgIpc) is 3.05. The van der Waals surface area contributed by atoms with E-state index in [0.29, 0.717) is 21.6 Å². The van der Waals surface area contributed by atoms with Crippen LogP contribution in [0.2, 0.25) is 5.02 Å². The van der Waals surface area contributed by atoms with Crippen molar-refractivity contribution >= 4 is 44.6 Å². The summed E-state index contributed by atoms with van der Waals surface area (Å²) in [4.78, 5) is 11.0. The van der Waals surface area contributed by atoms with Crippen LogP contribution >= 0.6 is 11.6 Å². The summed E-state index contributed by atoms with van der Waals surface area (Å²) < 4.78 is 27.4. The first-order valence-electron chi connectivity index (χ1n) is 9.30. The van der Waals surface area contributed by atoms with Crippen LogP contribution in [0.4, 0.5) is 0 Å². The number of aryl methyl sites for hydroxylation is 2. The number of fused-ring (bicyclic) bond motifs is 1. The molecule has 0 bridgehead atoms. The van der Waals surface area contributed by atoms with Gasteiger partial charge in [0.05, 0.1) is 17.7 Å². The molecule has 1 N–H and O–H groups in total. The fraction of sp³-hybridized carbons (Fsp3) is 0.227. The Morgan fingerprint density at radius 3 is 2.52 bits per heavy atom. The molecule has 29 heavy (non-hydrogen) atoms. The Hall–Kier alpha value is -2.57. The van der Waals surface area contributed by atoms with Crippen LogP contribution in [0.3, 0.4) is 0 Å². The number of aliphatic carboxylic acids is 1. The van der Waals surface area contributed by atoms with Crippen molar-refractivity contribution < 1.29 is 18.3 Å². The van der Waals surface area contributed by atoms with Crippen molar-refractivity contribution in [3.63, 3.8) is 0 Å². The van der Waals surface area contributed by atoms with E-state index in [9.17, 15) is 13.2 Å². The van der Waals surface area contributed by atoms with E-state index in [2.05, 4.69) is 6.92 Å². The number of carboxylic acid groups (broad SMARTS) is 1. The van der Waals surface area contributed by atoms with E-state index in [1.54, 1.807) is 36.4 Å². The van der Waals surface area contributed by atoms with Gasteiger partial charge in [-0.3, -0.25) is 4.79 Å². The maximum atomic E-state index is 13.1. The normalized spacial score (nSPS) is 12.1. The highest BCUT2D eigenvalue weighted by molar-refractivity contribution is 7.90. The molecule has 0 atom stereocenters. The van der Waals surface area contributed by atoms with E-state index in [4.69, 9.17) is 16.7 Å². The molecule has 0 spiro atoms. The monoisotopic (exact) mass is 431 g/mol. The summed E-state index contributed by atoms with van der Waals surface area (Å²) in [7, 11) is -3.72. The van der Waals surface area contributed by atoms with Crippen LogP contribution in [0.25, 0.3) is 17.0 Å². The van der Waals surface area contributed by atoms with Gasteiger partial charge in [-0.2, -0.15) is 0 Å². The van der Waals surface area contributed by atoms with Gasteiger partial charge in [-0.15, -0.1) is 0 Å². The molecule has 3 rings (SSSR count). The van der Waals surface area contributed by atoms with Crippen molar-refractivity contribution in [2.75, 3.05) is 5.75 Å². The van der Waals surface area contributed by atoms with Crippen LogP contribution in [0.15, 0.2) is 54.6 Å². The van der Waals surface area contributed by atoms with E-state index in [-0.39, 0.29) is 18.6 Å². The Balaban J connectivity index is 1.92. The van der Waals surface area contributed by atoms with Crippen molar-refractivity contribution in [1.29, 1.82) is 0 Å². The van der Waals surface area contributed by atoms with Gasteiger partial charge in [-0.05, 0) is 48.2 Å². The van der Waals surface area contributed by atoms with Crippen molar-refractivity contribution in [1.82, 2.24) is 3.97 Å². The number of aromatic nitrogens is 1. The molecule has 1 aromatic heterocycles. The number of carboxylic acids is 1. The van der Waals surface area contributed by atoms with Crippen molar-refractivity contribution in [2.45, 2.75) is 26.2 Å². The van der Waals surface area contributed by atoms with Crippen LogP contribution in [0.1, 0.15) is 30.2 Å². The number of nitrogens with zero attached hydrogens (tertiary/aromatic N) is 1. The highest BCUT2D eigenvalue weighted by atomic mass is 35.5. The molecule has 0 radical (unpaired) electrons. The van der Waals surface area contributed by atoms with E-state index < -0.39 is 16.0 Å². The van der Waals surface area contributed by atoms with Gasteiger partial charge >= 0.3 is 5.97 Å². The molecule has 0 amide bonds. The summed E-state index contributed by atoms with van der Waals surface area (Å²) in [5.74, 6) is -1.18. The lowest BCUT2D eigenvalue weighted by Crippen LogP contribution is -2.18. The zero-order chi connectivity index (χ0) is 21.0. The standard InChI is InChI=1S/C22H22ClNO4S/c1-2-16-5-7-17(8-6-16)4-3-13-29(27,28)24-20(10-12-22(25)26)15-18-14-19(23)9-11-21(18)24/h3-9,11,14-15H,2,10,12-13H2,1H3,(H,25,26). The average molecular weight is 432 g/mol. The lowest BCUT2D eigenvalue weighted by Gasteiger charge is -2.10. The van der Waals surface area contributed by atoms with Gasteiger partial charge in [0.2, 0.25) is 10.0 Å². The lowest BCUT2D eigenvalue weighted by molar-refractivity contribution is -0.136. The highest BCUT2D eigenvalue weighted by Crippen LogP contribution is 2.26. The molecule has 0 aliphatic carbocycles. The Morgan fingerprint density at radius 1 is 1.14 bits per heavy atom. The smallest absolute Gasteiger partial charge is 0.303 e. The van der Waals surface area contributed by atoms with E-state index in [0.717, 1.165) is 12.0 Å². The minimum Gasteiger partial charge on any atom is -0.481 e. The predicted molar refractivity (Wildman–Crippen MR) is 117 cm³/mol. The molecule has 7 heteroatoms. The van der Waals surface area contributed by atoms with Gasteiger partial charge < -0.3 is 5.11 Å². The topological polar surface area (TPSA) is 76.4 Å². The van der Waals surface area contributed by atoms with Crippen molar-refractivity contribution in [3.05, 3.63) is 76.5 Å². The molecule has 2 aromatic carbocycles. The fourth-order valence-electron chi connectivity index (χ4n) is 3.20. The van der Waals surface area contributed by atoms with E-state index in [1.807, 2.05) is 24.3 Å². The van der Waals surface area contributed by atoms with E-state index in [1.165, 1.54) is 9.54 Å². The van der Waals surface area contributed by atoms with Crippen LogP contribution in [-0.2, 0) is 27.7 Å². The zero-order valence-electron chi connectivity index (χ0n) is 16.0. The third-order valence-electron chi connectivity index (χ3n) is 4.67. The number of hydrogen-bond donors (Lipinski definition) is 1. The van der Waals surface area contributed by atoms with Crippen molar-refractivity contribution in [3.8, 4) is 0 Å². The molecule has 5 nitrogen and oxygen atoms in total. The lowest BCUT2D eigenvalue weighted by atomic mass is 10.1. The van der Waals surface area contributed by atoms with Gasteiger partial charge in [0.15, 0.2) is 0 Å². The number of rotatable bonds is 8. The number of halogens is 1. The highest BCUT2D eigenvalue weighted by Gasteiger charge is 2.20. The minimum atomic E-state index is -3.72. The number of carbonyl (C=O) groups is 1. The summed E-state index contributed by atoms with van der Waals surface area (Å²) in [6.07, 6.45) is 4.29. The summed E-state index contributed by atoms with van der Waals surface area (Å²) >= 11 is 6.03. The minimum absolute atomic E-state index is 0.114. The molecule has 0 aliphatic heterocycles. The Bertz CT molecular complexity index is 1160. The van der Waals surface area contributed by atoms with Gasteiger partial charge in [0, 0.05) is 16.1 Å². The second-order valence-corrected chi connectivity index (χ2v) is 9.07. The largest absolute Gasteiger partial charge is 0.481 e. The summed E-state index contributed by atoms with van der Waals surface area (Å²) in [6.45, 7) is 2.08. The van der Waals surface area contributed by atoms with Gasteiger partial charge in [-0.1, -0.05) is 54.9 Å². The SMILES string of the molecule is CCc1ccc(C=CCS(=O)(=O)n2c(CCC(=O)O)cc3cc(Cl)ccc32)cc1. The first-order chi connectivity index (χ1) is 13.8. The fourth-order valence-corrected chi connectivity index (χ4v) is 4.84. The van der Waals surface area contributed by atoms with Crippen molar-refractivity contribution in [2.24, 2.45) is 0 Å². The second kappa shape index (κ2) is 8.84. The van der Waals surface area contributed by atoms with Gasteiger partial charge in [0.25, 0.3) is 0 Å². The Morgan fingerprint density at radius 2 is 1.86 bits per heavy atom. The first kappa shape index (κ1) is 21.1. The van der Waals surface area contributed by atoms with Crippen LogP contribution in [0.5, 0.6) is 0 Å². The summed E-state index contributed by atoms with van der Waals surface area (Å²) in [6, 6.07) is 14.6. The molecular formula is C22H22ClNO4S. The van der Waals surface area contributed by atoms with Crippen LogP contribution in [-0.4, -0.2) is 29.2 Å². The van der Waals surface area contributed by atoms with Gasteiger partial charge in [-0.25, -0.2) is 12.4 Å². The molecule has 0 saturated heterocycles. The van der Waals surface area contributed by atoms with Crippen LogP contribution in [0, 0.1) is 0 Å². The third kappa shape index (κ3) is 5.08. The number of hydrogen-bond acceptors (Lipinski definition) is 3. The molecule has 1 heterocycles. The maximum absolute atomic E-state index is 13.1. The Labute approximate surface area is 175 Å². The van der Waals surface area contributed by atoms with Gasteiger partial charge in [0.1, 0.15) is 0 Å². The molecule has 3 aromatic rings. The van der Waals surface area contributed by atoms with Crippen LogP contribution < -0.4 is 0 Å². The quantitative estimate of drug-likeness (QED) is 0.557. The Kier molecular flexibility index (Phi) is 6.45. The predicted octanol–water partition coefficient (Wildman–Crippen LogP) is 4.77. The first-order valence-corrected chi connectivity index (χ1v) is 11.3. The summed E-state index contributed by atoms with van der Waals surface area (Å²) in [5.41, 5.74) is 3.07. The zero-order valence-corrected chi connectivity index (χ0v) is 17.6. The molecule has 0 fully saturated rings. The third-order valence-corrected chi connectivity index (χ3v) is 6.51. The maximum Gasteiger partial charge on any atom is 0.303 e. The molecule has 152 valence electrons. The molecule has 0 unspecified atom stereocenters. The second-order valence-electron chi connectivity index (χ2n) is 6.77. The molecular weight excluding hydrogens is 410 g/mol. The van der Waals surface area contributed by atoms with E-state index >= 15 is 0 Å². The summed E-state index contributed by atoms with van der Waals surface area (Å²) in [5, 5.41) is 10.2. The molecule has 0 aliphatic rings.